The number of aromatic nitrogens is 4. The van der Waals surface area contributed by atoms with Gasteiger partial charge in [-0.15, -0.1) is 5.10 Å². The maximum atomic E-state index is 12.1. The fourth-order valence-corrected chi connectivity index (χ4v) is 2.01. The molecule has 2 rings (SSSR count). The third kappa shape index (κ3) is 2.49. The Hall–Kier alpha value is -2.18. The molecule has 0 amide bonds. The lowest BCUT2D eigenvalue weighted by Gasteiger charge is -2.03. The van der Waals surface area contributed by atoms with Crippen LogP contribution in [0.15, 0.2) is 10.9 Å². The van der Waals surface area contributed by atoms with Gasteiger partial charge in [0.2, 0.25) is 0 Å². The van der Waals surface area contributed by atoms with Gasteiger partial charge in [-0.3, -0.25) is 4.79 Å². The quantitative estimate of drug-likeness (QED) is 0.848. The van der Waals surface area contributed by atoms with Gasteiger partial charge in [-0.25, -0.2) is 18.9 Å². The minimum absolute atomic E-state index is 0.438. The molecule has 0 saturated heterocycles. The number of fused-ring (bicyclic) bond motifs is 1. The van der Waals surface area contributed by atoms with E-state index in [4.69, 9.17) is 5.11 Å². The second-order valence-electron chi connectivity index (χ2n) is 4.29. The Labute approximate surface area is 109 Å². The number of carboxylic acids is 1. The number of carbonyl (C=O) groups is 1. The topological polar surface area (TPSA) is 89.5 Å². The molecular weight excluding hydrogens is 248 g/mol. The summed E-state index contributed by atoms with van der Waals surface area (Å²) < 4.78 is 2.33. The minimum atomic E-state index is -1.09. The standard InChI is InChI=1S/C12H16N4O3/c1-3-5-8-6-10-14-15(7-11(17)18)12(19)16(10)9(4-2)13-8/h6H,3-5,7H2,1-2H3,(H,17,18). The third-order valence-corrected chi connectivity index (χ3v) is 2.80. The molecule has 0 atom stereocenters. The van der Waals surface area contributed by atoms with E-state index in [0.717, 1.165) is 23.2 Å². The molecule has 0 aromatic carbocycles. The monoisotopic (exact) mass is 264 g/mol. The summed E-state index contributed by atoms with van der Waals surface area (Å²) in [5, 5.41) is 12.8. The van der Waals surface area contributed by atoms with Gasteiger partial charge in [0.1, 0.15) is 12.4 Å². The first kappa shape index (κ1) is 13.3. The van der Waals surface area contributed by atoms with Crippen molar-refractivity contribution in [3.05, 3.63) is 28.1 Å². The summed E-state index contributed by atoms with van der Waals surface area (Å²) in [7, 11) is 0. The maximum Gasteiger partial charge on any atom is 0.352 e. The smallest absolute Gasteiger partial charge is 0.352 e. The van der Waals surface area contributed by atoms with Crippen LogP contribution in [0, 0.1) is 0 Å². The summed E-state index contributed by atoms with van der Waals surface area (Å²) in [5.74, 6) is -0.479. The Bertz CT molecular complexity index is 671. The van der Waals surface area contributed by atoms with Crippen molar-refractivity contribution >= 4 is 11.6 Å². The van der Waals surface area contributed by atoms with E-state index in [1.807, 2.05) is 13.8 Å². The van der Waals surface area contributed by atoms with Gasteiger partial charge in [-0.1, -0.05) is 20.3 Å². The van der Waals surface area contributed by atoms with E-state index in [2.05, 4.69) is 10.1 Å². The van der Waals surface area contributed by atoms with Crippen LogP contribution in [0.5, 0.6) is 0 Å². The highest BCUT2D eigenvalue weighted by molar-refractivity contribution is 5.66. The summed E-state index contributed by atoms with van der Waals surface area (Å²) >= 11 is 0. The molecule has 0 saturated carbocycles. The second kappa shape index (κ2) is 5.21. The highest BCUT2D eigenvalue weighted by atomic mass is 16.4. The van der Waals surface area contributed by atoms with E-state index in [-0.39, 0.29) is 0 Å². The summed E-state index contributed by atoms with van der Waals surface area (Å²) in [6, 6.07) is 1.74. The van der Waals surface area contributed by atoms with E-state index in [1.54, 1.807) is 6.07 Å². The van der Waals surface area contributed by atoms with E-state index < -0.39 is 18.2 Å². The molecule has 7 nitrogen and oxygen atoms in total. The van der Waals surface area contributed by atoms with Crippen LogP contribution in [0.4, 0.5) is 0 Å². The fraction of sp³-hybridized carbons (Fsp3) is 0.500. The molecule has 0 radical (unpaired) electrons. The average molecular weight is 264 g/mol. The molecule has 1 N–H and O–H groups in total. The van der Waals surface area contributed by atoms with Crippen LogP contribution < -0.4 is 5.69 Å². The number of hydrogen-bond acceptors (Lipinski definition) is 4. The van der Waals surface area contributed by atoms with Crippen LogP contribution in [0.25, 0.3) is 5.65 Å². The molecule has 7 heteroatoms. The normalized spacial score (nSPS) is 11.1. The number of hydrogen-bond donors (Lipinski definition) is 1. The van der Waals surface area contributed by atoms with Gasteiger partial charge in [-0.2, -0.15) is 0 Å². The van der Waals surface area contributed by atoms with Gasteiger partial charge < -0.3 is 5.11 Å². The minimum Gasteiger partial charge on any atom is -0.480 e. The molecule has 0 aliphatic rings. The van der Waals surface area contributed by atoms with Gasteiger partial charge in [0, 0.05) is 18.2 Å². The molecule has 0 bridgehead atoms. The predicted molar refractivity (Wildman–Crippen MR) is 68.3 cm³/mol. The molecule has 0 aliphatic carbocycles. The van der Waals surface area contributed by atoms with Crippen molar-refractivity contribution in [1.82, 2.24) is 19.2 Å². The van der Waals surface area contributed by atoms with E-state index >= 15 is 0 Å². The summed E-state index contributed by atoms with van der Waals surface area (Å²) in [4.78, 5) is 27.2. The fourth-order valence-electron chi connectivity index (χ4n) is 2.01. The zero-order valence-corrected chi connectivity index (χ0v) is 11.0. The number of aliphatic carboxylic acids is 1. The highest BCUT2D eigenvalue weighted by Crippen LogP contribution is 2.07. The molecule has 2 aromatic heterocycles. The van der Waals surface area contributed by atoms with E-state index in [0.29, 0.717) is 17.9 Å². The van der Waals surface area contributed by atoms with Crippen LogP contribution in [0.3, 0.4) is 0 Å². The van der Waals surface area contributed by atoms with Crippen molar-refractivity contribution in [2.75, 3.05) is 0 Å². The van der Waals surface area contributed by atoms with Crippen molar-refractivity contribution in [2.45, 2.75) is 39.7 Å². The largest absolute Gasteiger partial charge is 0.480 e. The lowest BCUT2D eigenvalue weighted by atomic mass is 10.2. The van der Waals surface area contributed by atoms with Crippen LogP contribution >= 0.6 is 0 Å². The lowest BCUT2D eigenvalue weighted by molar-refractivity contribution is -0.137. The maximum absolute atomic E-state index is 12.1. The molecular formula is C12H16N4O3. The lowest BCUT2D eigenvalue weighted by Crippen LogP contribution is -2.26. The molecule has 0 aliphatic heterocycles. The Kier molecular flexibility index (Phi) is 3.64. The van der Waals surface area contributed by atoms with Crippen LogP contribution in [-0.2, 0) is 24.2 Å². The van der Waals surface area contributed by atoms with Crippen LogP contribution in [-0.4, -0.2) is 30.2 Å². The second-order valence-corrected chi connectivity index (χ2v) is 4.29. The zero-order chi connectivity index (χ0) is 14.0. The van der Waals surface area contributed by atoms with Crippen molar-refractivity contribution in [3.63, 3.8) is 0 Å². The summed E-state index contributed by atoms with van der Waals surface area (Å²) in [6.07, 6.45) is 2.35. The Morgan fingerprint density at radius 3 is 2.74 bits per heavy atom. The SMILES string of the molecule is CCCc1cc2nn(CC(=O)O)c(=O)n2c(CC)n1. The molecule has 2 heterocycles. The number of nitrogens with zero attached hydrogens (tertiary/aromatic N) is 4. The number of rotatable bonds is 5. The first-order valence-corrected chi connectivity index (χ1v) is 6.27. The number of aryl methyl sites for hydroxylation is 2. The van der Waals surface area contributed by atoms with Crippen molar-refractivity contribution < 1.29 is 9.90 Å². The molecule has 102 valence electrons. The Balaban J connectivity index is 2.64. The van der Waals surface area contributed by atoms with Gasteiger partial charge in [0.15, 0.2) is 5.65 Å². The van der Waals surface area contributed by atoms with E-state index in [9.17, 15) is 9.59 Å². The van der Waals surface area contributed by atoms with Gasteiger partial charge in [0.05, 0.1) is 0 Å². The molecule has 2 aromatic rings. The highest BCUT2D eigenvalue weighted by Gasteiger charge is 2.14. The zero-order valence-electron chi connectivity index (χ0n) is 11.0. The van der Waals surface area contributed by atoms with Crippen molar-refractivity contribution in [1.29, 1.82) is 0 Å². The molecule has 0 unspecified atom stereocenters. The van der Waals surface area contributed by atoms with Crippen LogP contribution in [0.1, 0.15) is 31.8 Å². The Morgan fingerprint density at radius 1 is 1.42 bits per heavy atom. The van der Waals surface area contributed by atoms with E-state index in [1.165, 1.54) is 4.40 Å². The predicted octanol–water partition coefficient (Wildman–Crippen LogP) is 0.490. The van der Waals surface area contributed by atoms with Gasteiger partial charge >= 0.3 is 11.7 Å². The molecule has 19 heavy (non-hydrogen) atoms. The first-order chi connectivity index (χ1) is 9.06. The van der Waals surface area contributed by atoms with Crippen molar-refractivity contribution in [3.8, 4) is 0 Å². The van der Waals surface area contributed by atoms with Crippen LogP contribution in [0.2, 0.25) is 0 Å². The summed E-state index contributed by atoms with van der Waals surface area (Å²) in [6.45, 7) is 3.51. The molecule has 0 fully saturated rings. The number of carboxylic acid groups (broad SMARTS) is 1. The average Bonchev–Trinajstić information content (AvgIpc) is 2.65. The Morgan fingerprint density at radius 2 is 2.16 bits per heavy atom. The van der Waals surface area contributed by atoms with Gasteiger partial charge in [0.25, 0.3) is 0 Å². The van der Waals surface area contributed by atoms with Gasteiger partial charge in [-0.05, 0) is 6.42 Å². The molecule has 0 spiro atoms. The first-order valence-electron chi connectivity index (χ1n) is 6.27. The summed E-state index contributed by atoms with van der Waals surface area (Å²) in [5.41, 5.74) is 0.880. The van der Waals surface area contributed by atoms with Crippen molar-refractivity contribution in [2.24, 2.45) is 0 Å². The third-order valence-electron chi connectivity index (χ3n) is 2.80.